The summed E-state index contributed by atoms with van der Waals surface area (Å²) in [5.74, 6) is -0.370. The fourth-order valence-corrected chi connectivity index (χ4v) is 2.95. The first-order chi connectivity index (χ1) is 12.8. The zero-order chi connectivity index (χ0) is 19.4. The van der Waals surface area contributed by atoms with E-state index in [1.54, 1.807) is 23.1 Å². The van der Waals surface area contributed by atoms with E-state index < -0.39 is 11.7 Å². The Morgan fingerprint density at radius 2 is 1.59 bits per heavy atom. The predicted octanol–water partition coefficient (Wildman–Crippen LogP) is 3.88. The number of carbonyl (C=O) groups excluding carboxylic acids is 1. The van der Waals surface area contributed by atoms with Crippen molar-refractivity contribution >= 4 is 11.7 Å². The number of piperazine rings is 1. The van der Waals surface area contributed by atoms with Gasteiger partial charge in [0.25, 0.3) is 0 Å². The van der Waals surface area contributed by atoms with Gasteiger partial charge in [0.1, 0.15) is 5.82 Å². The first-order valence-corrected chi connectivity index (χ1v) is 8.53. The van der Waals surface area contributed by atoms with E-state index in [1.165, 1.54) is 18.2 Å². The Kier molecular flexibility index (Phi) is 5.53. The summed E-state index contributed by atoms with van der Waals surface area (Å²) in [6.45, 7) is 2.00. The molecule has 1 saturated heterocycles. The molecule has 2 aromatic carbocycles. The molecule has 1 heterocycles. The maximum Gasteiger partial charge on any atom is 0.416 e. The second kappa shape index (κ2) is 7.85. The fourth-order valence-electron chi connectivity index (χ4n) is 2.95. The molecule has 27 heavy (non-hydrogen) atoms. The minimum Gasteiger partial charge on any atom is -0.368 e. The summed E-state index contributed by atoms with van der Waals surface area (Å²) in [6.07, 6.45) is -4.35. The lowest BCUT2D eigenvalue weighted by atomic mass is 10.1. The number of urea groups is 1. The summed E-state index contributed by atoms with van der Waals surface area (Å²) < 4.78 is 51.5. The van der Waals surface area contributed by atoms with Gasteiger partial charge in [-0.2, -0.15) is 13.2 Å². The summed E-state index contributed by atoms with van der Waals surface area (Å²) in [5.41, 5.74) is 0.418. The number of nitrogens with zero attached hydrogens (tertiary/aromatic N) is 2. The van der Waals surface area contributed by atoms with Crippen LogP contribution in [0.25, 0.3) is 0 Å². The van der Waals surface area contributed by atoms with Crippen molar-refractivity contribution in [2.75, 3.05) is 31.1 Å². The molecule has 0 aromatic heterocycles. The summed E-state index contributed by atoms with van der Waals surface area (Å²) in [4.78, 5) is 15.8. The highest BCUT2D eigenvalue weighted by molar-refractivity contribution is 5.74. The molecule has 0 radical (unpaired) electrons. The van der Waals surface area contributed by atoms with Gasteiger partial charge in [0, 0.05) is 44.0 Å². The number of nitrogens with one attached hydrogen (secondary N) is 1. The Hall–Kier alpha value is -2.77. The maximum absolute atomic E-state index is 13.6. The monoisotopic (exact) mass is 381 g/mol. The number of hydrogen-bond donors (Lipinski definition) is 1. The molecule has 0 spiro atoms. The highest BCUT2D eigenvalue weighted by atomic mass is 19.4. The quantitative estimate of drug-likeness (QED) is 0.820. The van der Waals surface area contributed by atoms with Crippen molar-refractivity contribution in [3.63, 3.8) is 0 Å². The number of benzene rings is 2. The summed E-state index contributed by atoms with van der Waals surface area (Å²) in [7, 11) is 0. The molecule has 0 unspecified atom stereocenters. The molecule has 1 aliphatic heterocycles. The van der Waals surface area contributed by atoms with Crippen LogP contribution in [0.3, 0.4) is 0 Å². The topological polar surface area (TPSA) is 35.6 Å². The van der Waals surface area contributed by atoms with Crippen LogP contribution in [0.15, 0.2) is 48.5 Å². The predicted molar refractivity (Wildman–Crippen MR) is 93.9 cm³/mol. The molecule has 2 amide bonds. The van der Waals surface area contributed by atoms with Crippen molar-refractivity contribution in [2.24, 2.45) is 0 Å². The third kappa shape index (κ3) is 4.69. The van der Waals surface area contributed by atoms with E-state index >= 15 is 0 Å². The lowest BCUT2D eigenvalue weighted by Crippen LogP contribution is -2.51. The van der Waals surface area contributed by atoms with Gasteiger partial charge < -0.3 is 15.1 Å². The van der Waals surface area contributed by atoms with Crippen molar-refractivity contribution in [1.82, 2.24) is 10.2 Å². The number of alkyl halides is 3. The van der Waals surface area contributed by atoms with Gasteiger partial charge in [0.2, 0.25) is 0 Å². The Bertz CT molecular complexity index is 784. The molecule has 0 atom stereocenters. The maximum atomic E-state index is 13.6. The van der Waals surface area contributed by atoms with Gasteiger partial charge in [-0.3, -0.25) is 0 Å². The number of anilines is 1. The molecule has 8 heteroatoms. The molecule has 0 aliphatic carbocycles. The molecule has 4 nitrogen and oxygen atoms in total. The standard InChI is InChI=1S/C19H19F4N3O/c20-17-4-2-1-3-14(17)13-24-18(27)26-11-9-25(10-12-26)16-7-5-15(6-8-16)19(21,22)23/h1-8H,9-13H2,(H,24,27). The molecule has 1 aliphatic rings. The second-order valence-electron chi connectivity index (χ2n) is 6.27. The van der Waals surface area contributed by atoms with Crippen molar-refractivity contribution < 1.29 is 22.4 Å². The van der Waals surface area contributed by atoms with E-state index in [0.717, 1.165) is 12.1 Å². The Labute approximate surface area is 154 Å². The molecule has 0 saturated carbocycles. The van der Waals surface area contributed by atoms with E-state index in [9.17, 15) is 22.4 Å². The molecule has 1 fully saturated rings. The highest BCUT2D eigenvalue weighted by Crippen LogP contribution is 2.30. The van der Waals surface area contributed by atoms with Crippen molar-refractivity contribution in [3.8, 4) is 0 Å². The molecule has 0 bridgehead atoms. The first kappa shape index (κ1) is 19.0. The largest absolute Gasteiger partial charge is 0.416 e. The highest BCUT2D eigenvalue weighted by Gasteiger charge is 2.30. The van der Waals surface area contributed by atoms with Crippen molar-refractivity contribution in [2.45, 2.75) is 12.7 Å². The molecule has 2 aromatic rings. The Morgan fingerprint density at radius 3 is 2.19 bits per heavy atom. The Morgan fingerprint density at radius 1 is 0.963 bits per heavy atom. The van der Waals surface area contributed by atoms with Crippen molar-refractivity contribution in [1.29, 1.82) is 0 Å². The van der Waals surface area contributed by atoms with Crippen LogP contribution >= 0.6 is 0 Å². The van der Waals surface area contributed by atoms with Gasteiger partial charge in [-0.05, 0) is 30.3 Å². The number of halogens is 4. The number of hydrogen-bond acceptors (Lipinski definition) is 2. The summed E-state index contributed by atoms with van der Waals surface area (Å²) in [6, 6.07) is 10.9. The van der Waals surface area contributed by atoms with Crippen LogP contribution in [0.5, 0.6) is 0 Å². The van der Waals surface area contributed by atoms with Crippen LogP contribution in [-0.2, 0) is 12.7 Å². The number of rotatable bonds is 3. The zero-order valence-corrected chi connectivity index (χ0v) is 14.5. The zero-order valence-electron chi connectivity index (χ0n) is 14.5. The minimum atomic E-state index is -4.35. The van der Waals surface area contributed by atoms with Gasteiger partial charge in [-0.15, -0.1) is 0 Å². The van der Waals surface area contributed by atoms with Gasteiger partial charge in [0.15, 0.2) is 0 Å². The van der Waals surface area contributed by atoms with E-state index in [2.05, 4.69) is 5.32 Å². The summed E-state index contributed by atoms with van der Waals surface area (Å²) >= 11 is 0. The molecule has 3 rings (SSSR count). The average molecular weight is 381 g/mol. The van der Waals surface area contributed by atoms with Gasteiger partial charge >= 0.3 is 12.2 Å². The molecular weight excluding hydrogens is 362 g/mol. The van der Waals surface area contributed by atoms with Crippen LogP contribution in [0.4, 0.5) is 28.0 Å². The van der Waals surface area contributed by atoms with Gasteiger partial charge in [-0.1, -0.05) is 18.2 Å². The lowest BCUT2D eigenvalue weighted by Gasteiger charge is -2.36. The molecule has 144 valence electrons. The van der Waals surface area contributed by atoms with Crippen LogP contribution in [-0.4, -0.2) is 37.1 Å². The summed E-state index contributed by atoms with van der Waals surface area (Å²) in [5, 5.41) is 2.69. The van der Waals surface area contributed by atoms with Crippen LogP contribution in [0.2, 0.25) is 0 Å². The van der Waals surface area contributed by atoms with E-state index in [-0.39, 0.29) is 18.4 Å². The van der Waals surface area contributed by atoms with E-state index in [1.807, 2.05) is 4.90 Å². The number of carbonyl (C=O) groups is 1. The van der Waals surface area contributed by atoms with E-state index in [4.69, 9.17) is 0 Å². The minimum absolute atomic E-state index is 0.102. The first-order valence-electron chi connectivity index (χ1n) is 8.53. The third-order valence-electron chi connectivity index (χ3n) is 4.51. The smallest absolute Gasteiger partial charge is 0.368 e. The number of amides is 2. The van der Waals surface area contributed by atoms with Gasteiger partial charge in [0.05, 0.1) is 5.56 Å². The normalized spacial score (nSPS) is 15.0. The van der Waals surface area contributed by atoms with Crippen molar-refractivity contribution in [3.05, 3.63) is 65.5 Å². The van der Waals surface area contributed by atoms with E-state index in [0.29, 0.717) is 37.4 Å². The lowest BCUT2D eigenvalue weighted by molar-refractivity contribution is -0.137. The van der Waals surface area contributed by atoms with Gasteiger partial charge in [-0.25, -0.2) is 9.18 Å². The SMILES string of the molecule is O=C(NCc1ccccc1F)N1CCN(c2ccc(C(F)(F)F)cc2)CC1. The second-order valence-corrected chi connectivity index (χ2v) is 6.27. The third-order valence-corrected chi connectivity index (χ3v) is 4.51. The Balaban J connectivity index is 1.51. The van der Waals surface area contributed by atoms with Crippen LogP contribution < -0.4 is 10.2 Å². The average Bonchev–Trinajstić information content (AvgIpc) is 2.67. The fraction of sp³-hybridized carbons (Fsp3) is 0.316. The molecule has 1 N–H and O–H groups in total. The van der Waals surface area contributed by atoms with Crippen LogP contribution in [0.1, 0.15) is 11.1 Å². The van der Waals surface area contributed by atoms with Crippen LogP contribution in [0, 0.1) is 5.82 Å². The molecular formula is C19H19F4N3O.